The molecule has 1 saturated heterocycles. The molecule has 10 heavy (non-hydrogen) atoms. The molecule has 0 N–H and O–H groups in total. The predicted octanol–water partition coefficient (Wildman–Crippen LogP) is 1.05. The lowest BCUT2D eigenvalue weighted by Gasteiger charge is -2.19. The number of nitrogens with zero attached hydrogens (tertiary/aromatic N) is 1. The molecule has 0 aromatic heterocycles. The number of methoxy groups -OCH3 is 1. The third kappa shape index (κ3) is 1.67. The Hall–Kier alpha value is -0.150. The first-order chi connectivity index (χ1) is 4.88. The molecule has 58 valence electrons. The van der Waals surface area contributed by atoms with Gasteiger partial charge >= 0.3 is 0 Å². The molecule has 1 atom stereocenters. The molecular weight excluding hydrogens is 146 g/mol. The maximum Gasteiger partial charge on any atom is 0.0666 e. The van der Waals surface area contributed by atoms with Crippen molar-refractivity contribution in [3.63, 3.8) is 0 Å². The van der Waals surface area contributed by atoms with Crippen molar-refractivity contribution < 1.29 is 4.74 Å². The second-order valence-corrected chi connectivity index (χ2v) is 2.81. The van der Waals surface area contributed by atoms with Crippen molar-refractivity contribution in [1.29, 1.82) is 0 Å². The normalized spacial score (nSPS) is 25.3. The van der Waals surface area contributed by atoms with E-state index in [2.05, 4.69) is 4.90 Å². The van der Waals surface area contributed by atoms with Crippen molar-refractivity contribution in [2.75, 3.05) is 20.3 Å². The minimum absolute atomic E-state index is 0.544. The van der Waals surface area contributed by atoms with E-state index in [1.165, 1.54) is 12.8 Å². The van der Waals surface area contributed by atoms with Crippen LogP contribution in [0, 0.1) is 0 Å². The van der Waals surface area contributed by atoms with Crippen LogP contribution >= 0.6 is 12.2 Å². The lowest BCUT2D eigenvalue weighted by atomic mass is 10.2. The summed E-state index contributed by atoms with van der Waals surface area (Å²) in [6.07, 6.45) is 2.47. The number of likely N-dealkylation sites (tertiary alicyclic amines) is 1. The summed E-state index contributed by atoms with van der Waals surface area (Å²) in [4.78, 5) is 2.18. The maximum atomic E-state index is 5.05. The fourth-order valence-corrected chi connectivity index (χ4v) is 1.65. The van der Waals surface area contributed by atoms with Gasteiger partial charge in [0.2, 0.25) is 0 Å². The fourth-order valence-electron chi connectivity index (χ4n) is 1.37. The van der Waals surface area contributed by atoms with Gasteiger partial charge in [-0.05, 0) is 12.8 Å². The topological polar surface area (TPSA) is 12.5 Å². The first-order valence-electron chi connectivity index (χ1n) is 3.58. The zero-order valence-corrected chi connectivity index (χ0v) is 7.06. The molecule has 0 radical (unpaired) electrons. The third-order valence-corrected chi connectivity index (χ3v) is 2.19. The van der Waals surface area contributed by atoms with Crippen LogP contribution in [-0.4, -0.2) is 36.7 Å². The highest BCUT2D eigenvalue weighted by Gasteiger charge is 2.20. The van der Waals surface area contributed by atoms with Crippen molar-refractivity contribution in [2.24, 2.45) is 0 Å². The summed E-state index contributed by atoms with van der Waals surface area (Å²) in [5, 5.41) is 0. The second kappa shape index (κ2) is 3.88. The zero-order chi connectivity index (χ0) is 7.40. The van der Waals surface area contributed by atoms with Gasteiger partial charge in [-0.15, -0.1) is 0 Å². The third-order valence-electron chi connectivity index (χ3n) is 1.92. The number of ether oxygens (including phenoxy) is 1. The highest BCUT2D eigenvalue weighted by molar-refractivity contribution is 7.78. The Labute approximate surface area is 67.2 Å². The van der Waals surface area contributed by atoms with E-state index < -0.39 is 0 Å². The van der Waals surface area contributed by atoms with Crippen molar-refractivity contribution in [2.45, 2.75) is 18.9 Å². The molecule has 1 fully saturated rings. The van der Waals surface area contributed by atoms with E-state index >= 15 is 0 Å². The van der Waals surface area contributed by atoms with Gasteiger partial charge in [0.25, 0.3) is 0 Å². The van der Waals surface area contributed by atoms with Crippen LogP contribution in [0.4, 0.5) is 0 Å². The molecule has 0 bridgehead atoms. The van der Waals surface area contributed by atoms with Crippen LogP contribution in [0.2, 0.25) is 0 Å². The van der Waals surface area contributed by atoms with Crippen LogP contribution in [0.5, 0.6) is 0 Å². The van der Waals surface area contributed by atoms with Gasteiger partial charge in [-0.2, -0.15) is 0 Å². The molecule has 1 heterocycles. The molecule has 0 saturated carbocycles. The smallest absolute Gasteiger partial charge is 0.0666 e. The van der Waals surface area contributed by atoms with Crippen LogP contribution < -0.4 is 0 Å². The zero-order valence-electron chi connectivity index (χ0n) is 6.25. The van der Waals surface area contributed by atoms with Gasteiger partial charge in [-0.1, -0.05) is 12.2 Å². The Bertz CT molecular complexity index is 118. The minimum Gasteiger partial charge on any atom is -0.383 e. The van der Waals surface area contributed by atoms with Gasteiger partial charge < -0.3 is 9.64 Å². The average molecular weight is 159 g/mol. The average Bonchev–Trinajstić information content (AvgIpc) is 2.36. The van der Waals surface area contributed by atoms with E-state index in [9.17, 15) is 0 Å². The van der Waals surface area contributed by atoms with Crippen molar-refractivity contribution in [3.8, 4) is 0 Å². The lowest BCUT2D eigenvalue weighted by molar-refractivity contribution is 0.148. The van der Waals surface area contributed by atoms with Crippen molar-refractivity contribution >= 4 is 17.7 Å². The van der Waals surface area contributed by atoms with Gasteiger partial charge in [0.1, 0.15) is 0 Å². The van der Waals surface area contributed by atoms with E-state index in [1.807, 2.05) is 0 Å². The van der Waals surface area contributed by atoms with Crippen LogP contribution in [-0.2, 0) is 4.74 Å². The molecule has 1 aliphatic rings. The van der Waals surface area contributed by atoms with Crippen molar-refractivity contribution in [3.05, 3.63) is 0 Å². The SMILES string of the molecule is COCC1CCCN1C=S. The van der Waals surface area contributed by atoms with Crippen LogP contribution in [0.3, 0.4) is 0 Å². The Morgan fingerprint density at radius 3 is 3.20 bits per heavy atom. The van der Waals surface area contributed by atoms with Gasteiger partial charge in [0.15, 0.2) is 0 Å². The minimum atomic E-state index is 0.544. The molecule has 3 heteroatoms. The molecule has 0 aliphatic carbocycles. The molecule has 2 nitrogen and oxygen atoms in total. The standard InChI is InChI=1S/C7H13NOS/c1-9-5-7-3-2-4-8(7)6-10/h6-7H,2-5H2,1H3. The van der Waals surface area contributed by atoms with Crippen LogP contribution in [0.1, 0.15) is 12.8 Å². The quantitative estimate of drug-likeness (QED) is 0.571. The summed E-state index contributed by atoms with van der Waals surface area (Å²) in [5.74, 6) is 0. The molecule has 1 unspecified atom stereocenters. The highest BCUT2D eigenvalue weighted by Crippen LogP contribution is 2.14. The number of hydrogen-bond donors (Lipinski definition) is 0. The number of thiocarbonyl (C=S) groups is 1. The monoisotopic (exact) mass is 159 g/mol. The summed E-state index contributed by atoms with van der Waals surface area (Å²) >= 11 is 4.85. The Balaban J connectivity index is 2.34. The second-order valence-electron chi connectivity index (χ2n) is 2.59. The largest absolute Gasteiger partial charge is 0.383 e. The van der Waals surface area contributed by atoms with Crippen molar-refractivity contribution in [1.82, 2.24) is 4.90 Å². The predicted molar refractivity (Wildman–Crippen MR) is 45.3 cm³/mol. The molecular formula is C7H13NOS. The summed E-state index contributed by atoms with van der Waals surface area (Å²) in [6, 6.07) is 0.544. The highest BCUT2D eigenvalue weighted by atomic mass is 32.1. The Kier molecular flexibility index (Phi) is 3.09. The lowest BCUT2D eigenvalue weighted by Crippen LogP contribution is -2.30. The molecule has 0 amide bonds. The number of rotatable bonds is 3. The van der Waals surface area contributed by atoms with Gasteiger partial charge in [-0.25, -0.2) is 0 Å². The van der Waals surface area contributed by atoms with E-state index in [0.29, 0.717) is 6.04 Å². The molecule has 1 rings (SSSR count). The molecule has 0 spiro atoms. The number of hydrogen-bond acceptors (Lipinski definition) is 2. The molecule has 0 aromatic rings. The summed E-state index contributed by atoms with van der Waals surface area (Å²) in [6.45, 7) is 1.92. The Morgan fingerprint density at radius 1 is 1.80 bits per heavy atom. The summed E-state index contributed by atoms with van der Waals surface area (Å²) < 4.78 is 5.05. The summed E-state index contributed by atoms with van der Waals surface area (Å²) in [5.41, 5.74) is 1.75. The first kappa shape index (κ1) is 7.95. The fraction of sp³-hybridized carbons (Fsp3) is 0.857. The van der Waals surface area contributed by atoms with Crippen LogP contribution in [0.25, 0.3) is 0 Å². The van der Waals surface area contributed by atoms with E-state index in [4.69, 9.17) is 17.0 Å². The van der Waals surface area contributed by atoms with Gasteiger partial charge in [0.05, 0.1) is 18.1 Å². The van der Waals surface area contributed by atoms with E-state index in [-0.39, 0.29) is 0 Å². The van der Waals surface area contributed by atoms with Crippen LogP contribution in [0.15, 0.2) is 0 Å². The van der Waals surface area contributed by atoms with Gasteiger partial charge in [0, 0.05) is 13.7 Å². The Morgan fingerprint density at radius 2 is 2.60 bits per heavy atom. The van der Waals surface area contributed by atoms with E-state index in [1.54, 1.807) is 12.6 Å². The maximum absolute atomic E-state index is 5.05. The van der Waals surface area contributed by atoms with E-state index in [0.717, 1.165) is 13.2 Å². The summed E-state index contributed by atoms with van der Waals surface area (Å²) in [7, 11) is 1.74. The molecule has 1 aliphatic heterocycles. The molecule has 0 aromatic carbocycles. The first-order valence-corrected chi connectivity index (χ1v) is 4.05. The van der Waals surface area contributed by atoms with Gasteiger partial charge in [-0.3, -0.25) is 0 Å².